The molecule has 0 aromatic heterocycles. The molecule has 5 heteroatoms. The van der Waals surface area contributed by atoms with Gasteiger partial charge in [-0.25, -0.2) is 0 Å². The minimum atomic E-state index is -0.596. The van der Waals surface area contributed by atoms with E-state index < -0.39 is 11.1 Å². The molecule has 0 saturated carbocycles. The molecule has 0 unspecified atom stereocenters. The standard InChI is InChI=1S/C25H24Cl2N2O/c1-24-9-10-29-15-25(24,28)21-13-17(20-8-7-19(26)14-22(20)27)12-18(23(21)30-24)11-16-5-3-2-4-6-16/h2-8,12-14,29H,9-11,15,28H2,1H3/t24-,25+/m0/s1. The Morgan fingerprint density at radius 2 is 1.87 bits per heavy atom. The molecule has 30 heavy (non-hydrogen) atoms. The fourth-order valence-electron chi connectivity index (χ4n) is 4.74. The summed E-state index contributed by atoms with van der Waals surface area (Å²) in [6, 6.07) is 20.4. The molecule has 1 fully saturated rings. The molecular formula is C25H24Cl2N2O. The molecule has 0 radical (unpaired) electrons. The maximum Gasteiger partial charge on any atom is 0.131 e. The predicted octanol–water partition coefficient (Wildman–Crippen LogP) is 5.55. The Kier molecular flexibility index (Phi) is 4.83. The molecule has 3 aromatic carbocycles. The van der Waals surface area contributed by atoms with E-state index in [1.807, 2.05) is 18.2 Å². The molecular weight excluding hydrogens is 415 g/mol. The lowest BCUT2D eigenvalue weighted by Gasteiger charge is -2.43. The summed E-state index contributed by atoms with van der Waals surface area (Å²) in [5.41, 5.74) is 11.4. The zero-order valence-corrected chi connectivity index (χ0v) is 18.4. The molecule has 2 aliphatic heterocycles. The quantitative estimate of drug-likeness (QED) is 0.563. The summed E-state index contributed by atoms with van der Waals surface area (Å²) in [6.45, 7) is 3.71. The van der Waals surface area contributed by atoms with Gasteiger partial charge < -0.3 is 15.8 Å². The van der Waals surface area contributed by atoms with Gasteiger partial charge in [0.1, 0.15) is 11.4 Å². The highest BCUT2D eigenvalue weighted by atomic mass is 35.5. The number of ether oxygens (including phenoxy) is 1. The van der Waals surface area contributed by atoms with Crippen molar-refractivity contribution in [1.29, 1.82) is 0 Å². The van der Waals surface area contributed by atoms with Crippen molar-refractivity contribution in [2.24, 2.45) is 5.73 Å². The van der Waals surface area contributed by atoms with Gasteiger partial charge in [0.05, 0.1) is 5.54 Å². The first kappa shape index (κ1) is 19.9. The lowest BCUT2D eigenvalue weighted by atomic mass is 9.73. The van der Waals surface area contributed by atoms with Crippen LogP contribution in [0.25, 0.3) is 11.1 Å². The second-order valence-corrected chi connectivity index (χ2v) is 9.37. The zero-order valence-electron chi connectivity index (χ0n) is 16.8. The second-order valence-electron chi connectivity index (χ2n) is 8.53. The minimum absolute atomic E-state index is 0.436. The van der Waals surface area contributed by atoms with Crippen LogP contribution in [0.5, 0.6) is 5.75 Å². The molecule has 2 atom stereocenters. The Labute approximate surface area is 187 Å². The largest absolute Gasteiger partial charge is 0.485 e. The molecule has 5 rings (SSSR count). The van der Waals surface area contributed by atoms with E-state index in [2.05, 4.69) is 48.6 Å². The van der Waals surface area contributed by atoms with Gasteiger partial charge in [0.25, 0.3) is 0 Å². The first-order chi connectivity index (χ1) is 14.4. The van der Waals surface area contributed by atoms with Crippen molar-refractivity contribution in [2.75, 3.05) is 13.1 Å². The molecule has 2 aliphatic rings. The Morgan fingerprint density at radius 1 is 1.07 bits per heavy atom. The van der Waals surface area contributed by atoms with Gasteiger partial charge in [-0.2, -0.15) is 0 Å². The van der Waals surface area contributed by atoms with Crippen molar-refractivity contribution in [2.45, 2.75) is 30.9 Å². The van der Waals surface area contributed by atoms with Gasteiger partial charge in [-0.15, -0.1) is 0 Å². The van der Waals surface area contributed by atoms with E-state index in [0.717, 1.165) is 47.4 Å². The van der Waals surface area contributed by atoms with Crippen molar-refractivity contribution < 1.29 is 4.74 Å². The van der Waals surface area contributed by atoms with Crippen molar-refractivity contribution in [3.63, 3.8) is 0 Å². The SMILES string of the molecule is C[C@]12CCNC[C@@]1(N)c1cc(-c3ccc(Cl)cc3Cl)cc(Cc3ccccc3)c1O2. The van der Waals surface area contributed by atoms with E-state index in [9.17, 15) is 0 Å². The molecule has 154 valence electrons. The average molecular weight is 439 g/mol. The Bertz CT molecular complexity index is 1120. The van der Waals surface area contributed by atoms with Gasteiger partial charge in [-0.3, -0.25) is 0 Å². The number of fused-ring (bicyclic) bond motifs is 3. The summed E-state index contributed by atoms with van der Waals surface area (Å²) in [4.78, 5) is 0. The molecule has 3 nitrogen and oxygen atoms in total. The number of hydrogen-bond donors (Lipinski definition) is 2. The number of nitrogens with one attached hydrogen (secondary N) is 1. The van der Waals surface area contributed by atoms with E-state index in [-0.39, 0.29) is 0 Å². The Hall–Kier alpha value is -2.04. The van der Waals surface area contributed by atoms with Crippen molar-refractivity contribution >= 4 is 23.2 Å². The third-order valence-corrected chi connectivity index (χ3v) is 7.13. The molecule has 0 aliphatic carbocycles. The molecule has 3 N–H and O–H groups in total. The van der Waals surface area contributed by atoms with Gasteiger partial charge >= 0.3 is 0 Å². The number of halogens is 2. The number of hydrogen-bond acceptors (Lipinski definition) is 3. The first-order valence-corrected chi connectivity index (χ1v) is 11.0. The topological polar surface area (TPSA) is 47.3 Å². The van der Waals surface area contributed by atoms with Crippen LogP contribution in [-0.4, -0.2) is 18.7 Å². The van der Waals surface area contributed by atoms with Crippen LogP contribution in [0.3, 0.4) is 0 Å². The fourth-order valence-corrected chi connectivity index (χ4v) is 5.25. The number of rotatable bonds is 3. The normalized spacial score (nSPS) is 24.8. The Morgan fingerprint density at radius 3 is 2.63 bits per heavy atom. The van der Waals surface area contributed by atoms with Crippen LogP contribution in [0.15, 0.2) is 60.7 Å². The highest BCUT2D eigenvalue weighted by molar-refractivity contribution is 6.36. The summed E-state index contributed by atoms with van der Waals surface area (Å²) in [5.74, 6) is 0.918. The second kappa shape index (κ2) is 7.28. The van der Waals surface area contributed by atoms with Crippen LogP contribution >= 0.6 is 23.2 Å². The Balaban J connectivity index is 1.71. The lowest BCUT2D eigenvalue weighted by molar-refractivity contribution is 0.00992. The molecule has 0 spiro atoms. The van der Waals surface area contributed by atoms with Gasteiger partial charge in [-0.05, 0) is 54.4 Å². The average Bonchev–Trinajstić information content (AvgIpc) is 2.96. The highest BCUT2D eigenvalue weighted by Crippen LogP contribution is 2.52. The third kappa shape index (κ3) is 3.12. The maximum atomic E-state index is 7.04. The third-order valence-electron chi connectivity index (χ3n) is 6.58. The van der Waals surface area contributed by atoms with E-state index in [0.29, 0.717) is 16.6 Å². The van der Waals surface area contributed by atoms with Crippen molar-refractivity contribution in [1.82, 2.24) is 5.32 Å². The van der Waals surface area contributed by atoms with Gasteiger partial charge in [0.15, 0.2) is 0 Å². The maximum absolute atomic E-state index is 7.04. The van der Waals surface area contributed by atoms with Crippen LogP contribution < -0.4 is 15.8 Å². The minimum Gasteiger partial charge on any atom is -0.485 e. The van der Waals surface area contributed by atoms with Gasteiger partial charge in [0, 0.05) is 40.6 Å². The molecule has 0 amide bonds. The number of piperidine rings is 1. The van der Waals surface area contributed by atoms with E-state index >= 15 is 0 Å². The zero-order chi connectivity index (χ0) is 20.9. The van der Waals surface area contributed by atoms with E-state index in [1.54, 1.807) is 6.07 Å². The van der Waals surface area contributed by atoms with Crippen LogP contribution in [0.2, 0.25) is 10.0 Å². The predicted molar refractivity (Wildman–Crippen MR) is 124 cm³/mol. The number of benzene rings is 3. The summed E-state index contributed by atoms with van der Waals surface area (Å²) < 4.78 is 6.63. The van der Waals surface area contributed by atoms with E-state index in [4.69, 9.17) is 33.7 Å². The highest BCUT2D eigenvalue weighted by Gasteiger charge is 2.57. The van der Waals surface area contributed by atoms with E-state index in [1.165, 1.54) is 5.56 Å². The monoisotopic (exact) mass is 438 g/mol. The number of nitrogens with two attached hydrogens (primary N) is 1. The van der Waals surface area contributed by atoms with Crippen molar-refractivity contribution in [3.8, 4) is 16.9 Å². The lowest BCUT2D eigenvalue weighted by Crippen LogP contribution is -2.64. The summed E-state index contributed by atoms with van der Waals surface area (Å²) in [7, 11) is 0. The van der Waals surface area contributed by atoms with Crippen molar-refractivity contribution in [3.05, 3.63) is 87.4 Å². The molecule has 3 aromatic rings. The van der Waals surface area contributed by atoms with Gasteiger partial charge in [-0.1, -0.05) is 59.6 Å². The summed E-state index contributed by atoms with van der Waals surface area (Å²) in [5, 5.41) is 4.71. The molecule has 2 heterocycles. The summed E-state index contributed by atoms with van der Waals surface area (Å²) >= 11 is 12.7. The van der Waals surface area contributed by atoms with Crippen LogP contribution in [0.1, 0.15) is 30.0 Å². The van der Waals surface area contributed by atoms with Crippen LogP contribution in [0, 0.1) is 0 Å². The van der Waals surface area contributed by atoms with Crippen LogP contribution in [0.4, 0.5) is 0 Å². The summed E-state index contributed by atoms with van der Waals surface area (Å²) in [6.07, 6.45) is 1.63. The smallest absolute Gasteiger partial charge is 0.131 e. The van der Waals surface area contributed by atoms with Gasteiger partial charge in [0.2, 0.25) is 0 Å². The molecule has 0 bridgehead atoms. The molecule has 1 saturated heterocycles. The first-order valence-electron chi connectivity index (χ1n) is 10.2. The fraction of sp³-hybridized carbons (Fsp3) is 0.280. The van der Waals surface area contributed by atoms with Crippen LogP contribution in [-0.2, 0) is 12.0 Å².